The fourth-order valence-electron chi connectivity index (χ4n) is 2.93. The minimum Gasteiger partial charge on any atom is -0.354 e. The van der Waals surface area contributed by atoms with E-state index >= 15 is 0 Å². The Bertz CT molecular complexity index is 495. The molecule has 1 fully saturated rings. The summed E-state index contributed by atoms with van der Waals surface area (Å²) in [5.41, 5.74) is 1.06. The first-order valence-corrected chi connectivity index (χ1v) is 8.40. The van der Waals surface area contributed by atoms with Gasteiger partial charge in [-0.15, -0.1) is 0 Å². The summed E-state index contributed by atoms with van der Waals surface area (Å²) in [6.07, 6.45) is 0.541. The van der Waals surface area contributed by atoms with Crippen molar-refractivity contribution in [2.24, 2.45) is 5.92 Å². The van der Waals surface area contributed by atoms with Crippen LogP contribution < -0.4 is 5.32 Å². The highest BCUT2D eigenvalue weighted by molar-refractivity contribution is 5.76. The van der Waals surface area contributed by atoms with Crippen LogP contribution in [0.1, 0.15) is 31.9 Å². The molecule has 5 heteroatoms. The van der Waals surface area contributed by atoms with Crippen molar-refractivity contribution in [2.75, 3.05) is 39.8 Å². The van der Waals surface area contributed by atoms with E-state index in [9.17, 15) is 9.18 Å². The van der Waals surface area contributed by atoms with Crippen LogP contribution in [-0.4, -0.2) is 55.5 Å². The van der Waals surface area contributed by atoms with Gasteiger partial charge in [0.15, 0.2) is 0 Å². The lowest BCUT2D eigenvalue weighted by Crippen LogP contribution is -2.48. The number of benzene rings is 1. The number of rotatable bonds is 6. The Morgan fingerprint density at radius 2 is 1.78 bits per heavy atom. The number of carbonyl (C=O) groups excluding carboxylic acids is 1. The van der Waals surface area contributed by atoms with E-state index in [-0.39, 0.29) is 17.8 Å². The van der Waals surface area contributed by atoms with Gasteiger partial charge in [0.05, 0.1) is 6.04 Å². The smallest absolute Gasteiger partial charge is 0.220 e. The number of amides is 1. The average molecular weight is 321 g/mol. The molecule has 2 rings (SSSR count). The summed E-state index contributed by atoms with van der Waals surface area (Å²) in [4.78, 5) is 16.7. The van der Waals surface area contributed by atoms with Crippen LogP contribution in [0.2, 0.25) is 0 Å². The van der Waals surface area contributed by atoms with E-state index in [1.807, 2.05) is 26.0 Å². The predicted octanol–water partition coefficient (Wildman–Crippen LogP) is 2.28. The second-order valence-electron chi connectivity index (χ2n) is 6.81. The zero-order valence-corrected chi connectivity index (χ0v) is 14.4. The van der Waals surface area contributed by atoms with Gasteiger partial charge in [0, 0.05) is 39.1 Å². The molecule has 1 aliphatic rings. The molecule has 1 heterocycles. The third-order valence-electron chi connectivity index (χ3n) is 4.32. The molecule has 4 nitrogen and oxygen atoms in total. The van der Waals surface area contributed by atoms with E-state index in [2.05, 4.69) is 22.2 Å². The van der Waals surface area contributed by atoms with Gasteiger partial charge in [-0.3, -0.25) is 9.69 Å². The average Bonchev–Trinajstić information content (AvgIpc) is 2.50. The first-order valence-electron chi connectivity index (χ1n) is 8.40. The highest BCUT2D eigenvalue weighted by atomic mass is 19.1. The van der Waals surface area contributed by atoms with E-state index in [4.69, 9.17) is 0 Å². The second-order valence-corrected chi connectivity index (χ2v) is 6.81. The van der Waals surface area contributed by atoms with Crippen LogP contribution in [-0.2, 0) is 4.79 Å². The quantitative estimate of drug-likeness (QED) is 0.873. The highest BCUT2D eigenvalue weighted by Gasteiger charge is 2.24. The van der Waals surface area contributed by atoms with E-state index < -0.39 is 0 Å². The Balaban J connectivity index is 2.05. The summed E-state index contributed by atoms with van der Waals surface area (Å²) in [6, 6.07) is 6.74. The largest absolute Gasteiger partial charge is 0.354 e. The molecule has 0 aliphatic carbocycles. The van der Waals surface area contributed by atoms with Crippen molar-refractivity contribution in [3.05, 3.63) is 35.6 Å². The van der Waals surface area contributed by atoms with Gasteiger partial charge in [-0.05, 0) is 30.7 Å². The standard InChI is InChI=1S/C18H28FN3O/c1-14(2)12-18(23)20-13-17(15-4-6-16(19)7-5-15)22-10-8-21(3)9-11-22/h4-7,14,17H,8-13H2,1-3H3,(H,20,23)/t17-/m0/s1. The van der Waals surface area contributed by atoms with Gasteiger partial charge in [0.25, 0.3) is 0 Å². The molecule has 1 atom stereocenters. The molecule has 0 radical (unpaired) electrons. The summed E-state index contributed by atoms with van der Waals surface area (Å²) in [7, 11) is 2.12. The lowest BCUT2D eigenvalue weighted by molar-refractivity contribution is -0.122. The van der Waals surface area contributed by atoms with Crippen molar-refractivity contribution in [1.82, 2.24) is 15.1 Å². The van der Waals surface area contributed by atoms with Crippen molar-refractivity contribution >= 4 is 5.91 Å². The van der Waals surface area contributed by atoms with Crippen LogP contribution in [0.5, 0.6) is 0 Å². The molecule has 23 heavy (non-hydrogen) atoms. The van der Waals surface area contributed by atoms with Crippen molar-refractivity contribution in [2.45, 2.75) is 26.3 Å². The molecule has 0 unspecified atom stereocenters. The fourth-order valence-corrected chi connectivity index (χ4v) is 2.93. The number of halogens is 1. The Morgan fingerprint density at radius 3 is 2.35 bits per heavy atom. The predicted molar refractivity (Wildman–Crippen MR) is 90.7 cm³/mol. The number of likely N-dealkylation sites (N-methyl/N-ethyl adjacent to an activating group) is 1. The molecule has 0 aromatic heterocycles. The molecule has 0 spiro atoms. The lowest BCUT2D eigenvalue weighted by Gasteiger charge is -2.38. The Morgan fingerprint density at radius 1 is 1.17 bits per heavy atom. The van der Waals surface area contributed by atoms with Crippen molar-refractivity contribution < 1.29 is 9.18 Å². The molecule has 1 N–H and O–H groups in total. The third kappa shape index (κ3) is 5.59. The topological polar surface area (TPSA) is 35.6 Å². The first kappa shape index (κ1) is 17.9. The summed E-state index contributed by atoms with van der Waals surface area (Å²) in [5, 5.41) is 3.05. The molecule has 0 bridgehead atoms. The Kier molecular flexibility index (Phi) is 6.54. The van der Waals surface area contributed by atoms with E-state index in [1.54, 1.807) is 0 Å². The summed E-state index contributed by atoms with van der Waals surface area (Å²) < 4.78 is 13.2. The van der Waals surface area contributed by atoms with Crippen LogP contribution in [0.4, 0.5) is 4.39 Å². The van der Waals surface area contributed by atoms with Crippen molar-refractivity contribution in [3.63, 3.8) is 0 Å². The number of carbonyl (C=O) groups is 1. The van der Waals surface area contributed by atoms with Gasteiger partial charge in [-0.2, -0.15) is 0 Å². The molecule has 0 saturated carbocycles. The van der Waals surface area contributed by atoms with Crippen LogP contribution in [0, 0.1) is 11.7 Å². The lowest BCUT2D eigenvalue weighted by atomic mass is 10.0. The zero-order chi connectivity index (χ0) is 16.8. The molecular formula is C18H28FN3O. The number of hydrogen-bond donors (Lipinski definition) is 1. The minimum atomic E-state index is -0.227. The normalized spacial score (nSPS) is 18.1. The molecule has 128 valence electrons. The van der Waals surface area contributed by atoms with Gasteiger partial charge in [0.1, 0.15) is 5.82 Å². The van der Waals surface area contributed by atoms with Crippen molar-refractivity contribution in [1.29, 1.82) is 0 Å². The number of hydrogen-bond acceptors (Lipinski definition) is 3. The van der Waals surface area contributed by atoms with E-state index in [0.29, 0.717) is 18.9 Å². The zero-order valence-electron chi connectivity index (χ0n) is 14.4. The molecule has 1 aromatic rings. The van der Waals surface area contributed by atoms with Gasteiger partial charge < -0.3 is 10.2 Å². The Hall–Kier alpha value is -1.46. The van der Waals surface area contributed by atoms with Crippen LogP contribution >= 0.6 is 0 Å². The van der Waals surface area contributed by atoms with Crippen LogP contribution in [0.3, 0.4) is 0 Å². The SMILES string of the molecule is CC(C)CC(=O)NC[C@@H](c1ccc(F)cc1)N1CCN(C)CC1. The van der Waals surface area contributed by atoms with Gasteiger partial charge in [0.2, 0.25) is 5.91 Å². The maximum absolute atomic E-state index is 13.2. The second kappa shape index (κ2) is 8.41. The number of nitrogens with one attached hydrogen (secondary N) is 1. The molecule has 1 aliphatic heterocycles. The van der Waals surface area contributed by atoms with Crippen LogP contribution in [0.25, 0.3) is 0 Å². The Labute approximate surface area is 138 Å². The summed E-state index contributed by atoms with van der Waals surface area (Å²) >= 11 is 0. The molecule has 1 saturated heterocycles. The van der Waals surface area contributed by atoms with E-state index in [1.165, 1.54) is 12.1 Å². The van der Waals surface area contributed by atoms with Crippen molar-refractivity contribution in [3.8, 4) is 0 Å². The maximum Gasteiger partial charge on any atom is 0.220 e. The molecule has 1 aromatic carbocycles. The summed E-state index contributed by atoms with van der Waals surface area (Å²) in [6.45, 7) is 8.59. The molecule has 1 amide bonds. The number of piperazine rings is 1. The minimum absolute atomic E-state index is 0.0845. The van der Waals surface area contributed by atoms with Gasteiger partial charge >= 0.3 is 0 Å². The third-order valence-corrected chi connectivity index (χ3v) is 4.32. The molecular weight excluding hydrogens is 293 g/mol. The fraction of sp³-hybridized carbons (Fsp3) is 0.611. The van der Waals surface area contributed by atoms with Gasteiger partial charge in [-0.25, -0.2) is 4.39 Å². The maximum atomic E-state index is 13.2. The summed E-state index contributed by atoms with van der Waals surface area (Å²) in [5.74, 6) is 0.207. The first-order chi connectivity index (χ1) is 11.0. The van der Waals surface area contributed by atoms with Crippen LogP contribution in [0.15, 0.2) is 24.3 Å². The monoisotopic (exact) mass is 321 g/mol. The highest BCUT2D eigenvalue weighted by Crippen LogP contribution is 2.22. The van der Waals surface area contributed by atoms with E-state index in [0.717, 1.165) is 31.7 Å². The number of nitrogens with zero attached hydrogens (tertiary/aromatic N) is 2. The van der Waals surface area contributed by atoms with Gasteiger partial charge in [-0.1, -0.05) is 26.0 Å².